The zero-order valence-corrected chi connectivity index (χ0v) is 11.0. The van der Waals surface area contributed by atoms with Gasteiger partial charge in [-0.3, -0.25) is 9.78 Å². The Balaban J connectivity index is 2.21. The second kappa shape index (κ2) is 5.48. The molecule has 0 aliphatic carbocycles. The Morgan fingerprint density at radius 3 is 2.50 bits per heavy atom. The average Bonchev–Trinajstić information content (AvgIpc) is 2.41. The molecule has 0 spiro atoms. The summed E-state index contributed by atoms with van der Waals surface area (Å²) in [5.74, 6) is -1.47. The van der Waals surface area contributed by atoms with Gasteiger partial charge < -0.3 is 10.4 Å². The van der Waals surface area contributed by atoms with Gasteiger partial charge in [-0.15, -0.1) is 0 Å². The highest BCUT2D eigenvalue weighted by Crippen LogP contribution is 2.16. The molecule has 0 fully saturated rings. The van der Waals surface area contributed by atoms with E-state index in [1.54, 1.807) is 26.0 Å². The number of carbonyl (C=O) groups is 2. The number of aromatic carboxylic acids is 1. The Labute approximate surface area is 115 Å². The monoisotopic (exact) mass is 271 g/mol. The van der Waals surface area contributed by atoms with E-state index >= 15 is 0 Å². The normalized spacial score (nSPS) is 10.1. The minimum Gasteiger partial charge on any atom is -0.478 e. The molecule has 20 heavy (non-hydrogen) atoms. The van der Waals surface area contributed by atoms with E-state index in [0.29, 0.717) is 16.9 Å². The molecule has 1 heterocycles. The highest BCUT2D eigenvalue weighted by Gasteiger charge is 2.11. The molecular formula is C14H13N3O3. The van der Waals surface area contributed by atoms with E-state index in [-0.39, 0.29) is 11.3 Å². The van der Waals surface area contributed by atoms with Crippen molar-refractivity contribution in [3.63, 3.8) is 0 Å². The van der Waals surface area contributed by atoms with Crippen molar-refractivity contribution in [2.24, 2.45) is 0 Å². The van der Waals surface area contributed by atoms with Crippen LogP contribution in [-0.2, 0) is 0 Å². The van der Waals surface area contributed by atoms with E-state index in [4.69, 9.17) is 5.11 Å². The van der Waals surface area contributed by atoms with Crippen LogP contribution in [0.1, 0.15) is 32.1 Å². The Hall–Kier alpha value is -2.76. The third kappa shape index (κ3) is 2.97. The van der Waals surface area contributed by atoms with Gasteiger partial charge in [-0.2, -0.15) is 0 Å². The van der Waals surface area contributed by atoms with Crippen molar-refractivity contribution in [2.75, 3.05) is 5.32 Å². The molecule has 0 saturated heterocycles. The van der Waals surface area contributed by atoms with Crippen molar-refractivity contribution in [2.45, 2.75) is 13.8 Å². The first-order chi connectivity index (χ1) is 9.47. The van der Waals surface area contributed by atoms with Crippen molar-refractivity contribution in [1.82, 2.24) is 9.97 Å². The zero-order chi connectivity index (χ0) is 14.7. The van der Waals surface area contributed by atoms with E-state index < -0.39 is 11.9 Å². The van der Waals surface area contributed by atoms with Gasteiger partial charge in [-0.25, -0.2) is 9.78 Å². The number of anilines is 1. The van der Waals surface area contributed by atoms with Crippen LogP contribution in [0.25, 0.3) is 0 Å². The summed E-state index contributed by atoms with van der Waals surface area (Å²) in [7, 11) is 0. The van der Waals surface area contributed by atoms with Crippen LogP contribution in [0.3, 0.4) is 0 Å². The van der Waals surface area contributed by atoms with Gasteiger partial charge in [0.15, 0.2) is 0 Å². The maximum Gasteiger partial charge on any atom is 0.336 e. The lowest BCUT2D eigenvalue weighted by Crippen LogP contribution is -2.14. The number of hydrogen-bond acceptors (Lipinski definition) is 4. The Morgan fingerprint density at radius 2 is 1.90 bits per heavy atom. The predicted molar refractivity (Wildman–Crippen MR) is 72.9 cm³/mol. The first-order valence-corrected chi connectivity index (χ1v) is 5.91. The van der Waals surface area contributed by atoms with Gasteiger partial charge in [0.2, 0.25) is 0 Å². The number of benzene rings is 1. The average molecular weight is 271 g/mol. The number of aryl methyl sites for hydroxylation is 2. The van der Waals surface area contributed by atoms with Crippen molar-refractivity contribution < 1.29 is 14.7 Å². The lowest BCUT2D eigenvalue weighted by Gasteiger charge is -2.07. The lowest BCUT2D eigenvalue weighted by atomic mass is 10.1. The number of carbonyl (C=O) groups excluding carboxylic acids is 1. The molecule has 2 aromatic rings. The summed E-state index contributed by atoms with van der Waals surface area (Å²) >= 11 is 0. The van der Waals surface area contributed by atoms with Gasteiger partial charge in [0.1, 0.15) is 5.69 Å². The highest BCUT2D eigenvalue weighted by molar-refractivity contribution is 6.03. The molecular weight excluding hydrogens is 258 g/mol. The van der Waals surface area contributed by atoms with Gasteiger partial charge in [-0.1, -0.05) is 6.07 Å². The van der Waals surface area contributed by atoms with Crippen LogP contribution in [0.15, 0.2) is 30.6 Å². The highest BCUT2D eigenvalue weighted by atomic mass is 16.4. The summed E-state index contributed by atoms with van der Waals surface area (Å²) < 4.78 is 0. The largest absolute Gasteiger partial charge is 0.478 e. The SMILES string of the molecule is Cc1cnc(C(=O)Nc2ccc(C)c(C(=O)O)c2)cn1. The summed E-state index contributed by atoms with van der Waals surface area (Å²) in [4.78, 5) is 30.9. The van der Waals surface area contributed by atoms with Crippen molar-refractivity contribution in [3.05, 3.63) is 53.1 Å². The number of hydrogen-bond donors (Lipinski definition) is 2. The van der Waals surface area contributed by atoms with Crippen LogP contribution in [0.5, 0.6) is 0 Å². The number of amides is 1. The second-order valence-corrected chi connectivity index (χ2v) is 4.33. The fourth-order valence-corrected chi connectivity index (χ4v) is 1.64. The third-order valence-corrected chi connectivity index (χ3v) is 2.74. The molecule has 102 valence electrons. The molecule has 2 rings (SSSR count). The summed E-state index contributed by atoms with van der Waals surface area (Å²) in [6.07, 6.45) is 2.86. The maximum atomic E-state index is 11.9. The Kier molecular flexibility index (Phi) is 3.74. The number of rotatable bonds is 3. The van der Waals surface area contributed by atoms with Gasteiger partial charge in [0.25, 0.3) is 5.91 Å². The van der Waals surface area contributed by atoms with Gasteiger partial charge in [-0.05, 0) is 31.5 Å². The summed E-state index contributed by atoms with van der Waals surface area (Å²) in [5, 5.41) is 11.6. The van der Waals surface area contributed by atoms with Crippen LogP contribution < -0.4 is 5.32 Å². The quantitative estimate of drug-likeness (QED) is 0.891. The molecule has 0 unspecified atom stereocenters. The smallest absolute Gasteiger partial charge is 0.336 e. The topological polar surface area (TPSA) is 92.2 Å². The fourth-order valence-electron chi connectivity index (χ4n) is 1.64. The molecule has 1 aromatic heterocycles. The number of carboxylic acid groups (broad SMARTS) is 1. The first-order valence-electron chi connectivity index (χ1n) is 5.91. The molecule has 0 bridgehead atoms. The van der Waals surface area contributed by atoms with Crippen molar-refractivity contribution >= 4 is 17.6 Å². The summed E-state index contributed by atoms with van der Waals surface area (Å²) in [6, 6.07) is 4.69. The molecule has 0 aliphatic heterocycles. The molecule has 1 aromatic carbocycles. The van der Waals surface area contributed by atoms with Gasteiger partial charge in [0.05, 0.1) is 17.5 Å². The van der Waals surface area contributed by atoms with Crippen LogP contribution in [0.4, 0.5) is 5.69 Å². The lowest BCUT2D eigenvalue weighted by molar-refractivity contribution is 0.0695. The van der Waals surface area contributed by atoms with Crippen LogP contribution in [0, 0.1) is 13.8 Å². The van der Waals surface area contributed by atoms with E-state index in [0.717, 1.165) is 0 Å². The minimum atomic E-state index is -1.03. The Morgan fingerprint density at radius 1 is 1.15 bits per heavy atom. The molecule has 0 saturated carbocycles. The van der Waals surface area contributed by atoms with Crippen LogP contribution >= 0.6 is 0 Å². The number of aromatic nitrogens is 2. The zero-order valence-electron chi connectivity index (χ0n) is 11.0. The van der Waals surface area contributed by atoms with Gasteiger partial charge in [0, 0.05) is 11.9 Å². The van der Waals surface area contributed by atoms with E-state index in [9.17, 15) is 9.59 Å². The maximum absolute atomic E-state index is 11.9. The second-order valence-electron chi connectivity index (χ2n) is 4.33. The minimum absolute atomic E-state index is 0.151. The van der Waals surface area contributed by atoms with Crippen molar-refractivity contribution in [1.29, 1.82) is 0 Å². The molecule has 6 heteroatoms. The van der Waals surface area contributed by atoms with Crippen LogP contribution in [0.2, 0.25) is 0 Å². The number of nitrogens with one attached hydrogen (secondary N) is 1. The molecule has 2 N–H and O–H groups in total. The Bertz CT molecular complexity index is 666. The molecule has 0 aliphatic rings. The third-order valence-electron chi connectivity index (χ3n) is 2.74. The molecule has 6 nitrogen and oxygen atoms in total. The van der Waals surface area contributed by atoms with E-state index in [1.807, 2.05) is 0 Å². The molecule has 1 amide bonds. The fraction of sp³-hybridized carbons (Fsp3) is 0.143. The van der Waals surface area contributed by atoms with Gasteiger partial charge >= 0.3 is 5.97 Å². The van der Waals surface area contributed by atoms with E-state index in [2.05, 4.69) is 15.3 Å². The summed E-state index contributed by atoms with van der Waals surface area (Å²) in [6.45, 7) is 3.47. The van der Waals surface area contributed by atoms with Crippen molar-refractivity contribution in [3.8, 4) is 0 Å². The molecule has 0 radical (unpaired) electrons. The van der Waals surface area contributed by atoms with E-state index in [1.165, 1.54) is 18.5 Å². The standard InChI is InChI=1S/C14H13N3O3/c1-8-3-4-10(5-11(8)14(19)20)17-13(18)12-7-15-9(2)6-16-12/h3-7H,1-2H3,(H,17,18)(H,19,20). The van der Waals surface area contributed by atoms with Crippen LogP contribution in [-0.4, -0.2) is 27.0 Å². The number of nitrogens with zero attached hydrogens (tertiary/aromatic N) is 2. The first kappa shape index (κ1) is 13.7. The predicted octanol–water partition coefficient (Wildman–Crippen LogP) is 2.04. The molecule has 0 atom stereocenters. The number of carboxylic acids is 1. The summed E-state index contributed by atoms with van der Waals surface area (Å²) in [5.41, 5.74) is 2.07.